The molecule has 1 amide bonds. The third-order valence-electron chi connectivity index (χ3n) is 3.73. The molecule has 0 spiro atoms. The average Bonchev–Trinajstić information content (AvgIpc) is 3.09. The Kier molecular flexibility index (Phi) is 7.86. The fourth-order valence-corrected chi connectivity index (χ4v) is 3.86. The highest BCUT2D eigenvalue weighted by Gasteiger charge is 2.13. The number of carbonyl (C=O) groups excluding carboxylic acids is 1. The number of rotatable bonds is 8. The van der Waals surface area contributed by atoms with Crippen LogP contribution in [0.1, 0.15) is 5.56 Å². The quantitative estimate of drug-likeness (QED) is 0.191. The third kappa shape index (κ3) is 5.60. The standard InChI is InChI=1S/C18H17Cl2N7OS2/c1-29-14-8-3-2-7-13(14)23-15(28)10-30-18-26-25-17(27(18)21)24-22-9-11-5-4-6-12(19)16(11)20/h2-9H,10,21H2,1H3,(H,23,28)(H,24,25)/b22-9+. The molecule has 0 aliphatic carbocycles. The van der Waals surface area contributed by atoms with Crippen molar-refractivity contribution in [3.8, 4) is 0 Å². The van der Waals surface area contributed by atoms with E-state index in [0.29, 0.717) is 20.8 Å². The number of hydrazone groups is 1. The lowest BCUT2D eigenvalue weighted by Gasteiger charge is -2.08. The molecule has 0 aliphatic heterocycles. The molecular formula is C18H17Cl2N7OS2. The Balaban J connectivity index is 1.57. The molecule has 8 nitrogen and oxygen atoms in total. The number of nitrogens with zero attached hydrogens (tertiary/aromatic N) is 4. The number of halogens is 2. The number of para-hydroxylation sites is 1. The molecule has 156 valence electrons. The highest BCUT2D eigenvalue weighted by atomic mass is 35.5. The van der Waals surface area contributed by atoms with Crippen LogP contribution in [-0.4, -0.2) is 39.0 Å². The number of amides is 1. The van der Waals surface area contributed by atoms with Gasteiger partial charge in [-0.1, -0.05) is 59.2 Å². The Morgan fingerprint density at radius 1 is 1.23 bits per heavy atom. The SMILES string of the molecule is CSc1ccccc1NC(=O)CSc1nnc(N/N=C/c2cccc(Cl)c2Cl)n1N. The van der Waals surface area contributed by atoms with E-state index in [1.54, 1.807) is 30.0 Å². The van der Waals surface area contributed by atoms with Crippen molar-refractivity contribution in [2.45, 2.75) is 10.1 Å². The normalized spacial score (nSPS) is 11.0. The minimum Gasteiger partial charge on any atom is -0.334 e. The van der Waals surface area contributed by atoms with Crippen LogP contribution in [0.15, 0.2) is 57.6 Å². The molecule has 3 aromatic rings. The molecule has 4 N–H and O–H groups in total. The minimum atomic E-state index is -0.173. The molecule has 0 unspecified atom stereocenters. The fourth-order valence-electron chi connectivity index (χ4n) is 2.30. The largest absolute Gasteiger partial charge is 0.334 e. The van der Waals surface area contributed by atoms with Crippen molar-refractivity contribution in [2.24, 2.45) is 5.10 Å². The minimum absolute atomic E-state index is 0.124. The molecular weight excluding hydrogens is 465 g/mol. The summed E-state index contributed by atoms with van der Waals surface area (Å²) < 4.78 is 1.21. The molecule has 1 aromatic heterocycles. The molecule has 12 heteroatoms. The number of aromatic nitrogens is 3. The van der Waals surface area contributed by atoms with Crippen molar-refractivity contribution in [1.29, 1.82) is 0 Å². The van der Waals surface area contributed by atoms with Gasteiger partial charge in [0.1, 0.15) is 0 Å². The summed E-state index contributed by atoms with van der Waals surface area (Å²) in [4.78, 5) is 13.2. The van der Waals surface area contributed by atoms with Crippen LogP contribution in [0.3, 0.4) is 0 Å². The summed E-state index contributed by atoms with van der Waals surface area (Å²) in [6.07, 6.45) is 3.44. The number of hydrogen-bond acceptors (Lipinski definition) is 8. The Hall–Kier alpha value is -2.40. The van der Waals surface area contributed by atoms with Gasteiger partial charge in [0.15, 0.2) is 0 Å². The number of nitrogens with one attached hydrogen (secondary N) is 2. The van der Waals surface area contributed by atoms with E-state index in [1.807, 2.05) is 30.5 Å². The van der Waals surface area contributed by atoms with E-state index >= 15 is 0 Å². The van der Waals surface area contributed by atoms with Gasteiger partial charge in [0, 0.05) is 10.5 Å². The monoisotopic (exact) mass is 481 g/mol. The summed E-state index contributed by atoms with van der Waals surface area (Å²) in [6, 6.07) is 12.8. The van der Waals surface area contributed by atoms with Gasteiger partial charge in [-0.15, -0.1) is 22.0 Å². The zero-order chi connectivity index (χ0) is 21.5. The van der Waals surface area contributed by atoms with Gasteiger partial charge in [-0.05, 0) is 24.5 Å². The molecule has 0 aliphatic rings. The maximum atomic E-state index is 12.3. The molecule has 1 heterocycles. The zero-order valence-corrected chi connectivity index (χ0v) is 18.8. The van der Waals surface area contributed by atoms with E-state index in [0.717, 1.165) is 22.3 Å². The van der Waals surface area contributed by atoms with Gasteiger partial charge >= 0.3 is 0 Å². The second-order valence-corrected chi connectivity index (χ2v) is 8.30. The van der Waals surface area contributed by atoms with E-state index in [9.17, 15) is 4.79 Å². The number of hydrogen-bond donors (Lipinski definition) is 3. The van der Waals surface area contributed by atoms with Crippen LogP contribution in [0.5, 0.6) is 0 Å². The first-order valence-electron chi connectivity index (χ1n) is 8.49. The van der Waals surface area contributed by atoms with Gasteiger partial charge in [0.25, 0.3) is 5.95 Å². The van der Waals surface area contributed by atoms with Crippen LogP contribution in [0, 0.1) is 0 Å². The first-order valence-corrected chi connectivity index (χ1v) is 11.5. The summed E-state index contributed by atoms with van der Waals surface area (Å²) >= 11 is 14.8. The number of carbonyl (C=O) groups is 1. The third-order valence-corrected chi connectivity index (χ3v) is 6.30. The van der Waals surface area contributed by atoms with Gasteiger partial charge in [-0.25, -0.2) is 10.1 Å². The maximum Gasteiger partial charge on any atom is 0.264 e. The molecule has 0 saturated carbocycles. The van der Waals surface area contributed by atoms with Crippen LogP contribution >= 0.6 is 46.7 Å². The van der Waals surface area contributed by atoms with Gasteiger partial charge < -0.3 is 11.2 Å². The second-order valence-electron chi connectivity index (χ2n) is 5.73. The average molecular weight is 482 g/mol. The van der Waals surface area contributed by atoms with Crippen molar-refractivity contribution in [1.82, 2.24) is 14.9 Å². The Bertz CT molecular complexity index is 1070. The molecule has 0 bridgehead atoms. The summed E-state index contributed by atoms with van der Waals surface area (Å²) in [5.74, 6) is 6.13. The Labute approximate surface area is 191 Å². The first-order chi connectivity index (χ1) is 14.5. The van der Waals surface area contributed by atoms with E-state index in [2.05, 4.69) is 26.0 Å². The number of thioether (sulfide) groups is 2. The van der Waals surface area contributed by atoms with Crippen LogP contribution in [-0.2, 0) is 4.79 Å². The highest BCUT2D eigenvalue weighted by molar-refractivity contribution is 7.99. The molecule has 30 heavy (non-hydrogen) atoms. The first kappa shape index (κ1) is 22.3. The maximum absolute atomic E-state index is 12.3. The lowest BCUT2D eigenvalue weighted by molar-refractivity contribution is -0.113. The summed E-state index contributed by atoms with van der Waals surface area (Å²) in [7, 11) is 0. The summed E-state index contributed by atoms with van der Waals surface area (Å²) in [5, 5.41) is 16.0. The molecule has 3 rings (SSSR count). The van der Waals surface area contributed by atoms with Gasteiger partial charge in [0.2, 0.25) is 11.1 Å². The van der Waals surface area contributed by atoms with Crippen molar-refractivity contribution in [3.63, 3.8) is 0 Å². The number of nitrogen functional groups attached to an aromatic ring is 1. The van der Waals surface area contributed by atoms with Crippen molar-refractivity contribution in [2.75, 3.05) is 28.6 Å². The lowest BCUT2D eigenvalue weighted by Crippen LogP contribution is -2.17. The van der Waals surface area contributed by atoms with E-state index in [4.69, 9.17) is 29.0 Å². The zero-order valence-electron chi connectivity index (χ0n) is 15.7. The van der Waals surface area contributed by atoms with Crippen molar-refractivity contribution < 1.29 is 4.79 Å². The Morgan fingerprint density at radius 3 is 2.83 bits per heavy atom. The van der Waals surface area contributed by atoms with Crippen LogP contribution in [0.25, 0.3) is 0 Å². The predicted molar refractivity (Wildman–Crippen MR) is 125 cm³/mol. The number of anilines is 2. The summed E-state index contributed by atoms with van der Waals surface area (Å²) in [6.45, 7) is 0. The Morgan fingerprint density at radius 2 is 2.03 bits per heavy atom. The van der Waals surface area contributed by atoms with Crippen LogP contribution in [0.4, 0.5) is 11.6 Å². The van der Waals surface area contributed by atoms with E-state index in [-0.39, 0.29) is 17.6 Å². The lowest BCUT2D eigenvalue weighted by atomic mass is 10.2. The van der Waals surface area contributed by atoms with Crippen molar-refractivity contribution >= 4 is 70.5 Å². The van der Waals surface area contributed by atoms with Gasteiger partial charge in [-0.2, -0.15) is 5.10 Å². The predicted octanol–water partition coefficient (Wildman–Crippen LogP) is 4.20. The van der Waals surface area contributed by atoms with Crippen LogP contribution < -0.4 is 16.6 Å². The fraction of sp³-hybridized carbons (Fsp3) is 0.111. The van der Waals surface area contributed by atoms with E-state index < -0.39 is 0 Å². The topological polar surface area (TPSA) is 110 Å². The summed E-state index contributed by atoms with van der Waals surface area (Å²) in [5.41, 5.74) is 4.09. The molecule has 2 aromatic carbocycles. The highest BCUT2D eigenvalue weighted by Crippen LogP contribution is 2.26. The molecule has 0 atom stereocenters. The number of benzene rings is 2. The molecule has 0 radical (unpaired) electrons. The van der Waals surface area contributed by atoms with Crippen LogP contribution in [0.2, 0.25) is 10.0 Å². The van der Waals surface area contributed by atoms with E-state index in [1.165, 1.54) is 10.9 Å². The molecule has 0 fully saturated rings. The van der Waals surface area contributed by atoms with Gasteiger partial charge in [-0.3, -0.25) is 4.79 Å². The number of nitrogens with two attached hydrogens (primary N) is 1. The van der Waals surface area contributed by atoms with Crippen molar-refractivity contribution in [3.05, 3.63) is 58.1 Å². The molecule has 0 saturated heterocycles. The van der Waals surface area contributed by atoms with Gasteiger partial charge in [0.05, 0.1) is 27.7 Å². The smallest absolute Gasteiger partial charge is 0.264 e. The second kappa shape index (κ2) is 10.6.